The van der Waals surface area contributed by atoms with Crippen molar-refractivity contribution < 1.29 is 19.0 Å². The first-order valence-electron chi connectivity index (χ1n) is 7.78. The summed E-state index contributed by atoms with van der Waals surface area (Å²) in [7, 11) is 4.75. The van der Waals surface area contributed by atoms with Gasteiger partial charge in [0.15, 0.2) is 11.5 Å². The Kier molecular flexibility index (Phi) is 5.38. The molecule has 0 fully saturated rings. The molecule has 0 spiro atoms. The molecule has 134 valence electrons. The molecule has 0 saturated heterocycles. The van der Waals surface area contributed by atoms with Gasteiger partial charge in [-0.15, -0.1) is 11.3 Å². The fraction of sp³-hybridized carbons (Fsp3) is 0.158. The van der Waals surface area contributed by atoms with Crippen LogP contribution in [-0.4, -0.2) is 32.2 Å². The summed E-state index contributed by atoms with van der Waals surface area (Å²) in [6.07, 6.45) is 0. The molecule has 3 aromatic rings. The number of hydrogen-bond acceptors (Lipinski definition) is 6. The number of aromatic nitrogens is 1. The predicted molar refractivity (Wildman–Crippen MR) is 102 cm³/mol. The van der Waals surface area contributed by atoms with E-state index in [2.05, 4.69) is 10.3 Å². The monoisotopic (exact) mass is 370 g/mol. The van der Waals surface area contributed by atoms with E-state index in [4.69, 9.17) is 14.2 Å². The Labute approximate surface area is 155 Å². The zero-order valence-electron chi connectivity index (χ0n) is 14.6. The summed E-state index contributed by atoms with van der Waals surface area (Å²) in [6.45, 7) is 0. The molecule has 0 bridgehead atoms. The van der Waals surface area contributed by atoms with Crippen LogP contribution in [0.15, 0.2) is 47.8 Å². The Balaban J connectivity index is 1.79. The van der Waals surface area contributed by atoms with Gasteiger partial charge in [-0.1, -0.05) is 6.07 Å². The van der Waals surface area contributed by atoms with Crippen LogP contribution in [0.2, 0.25) is 0 Å². The van der Waals surface area contributed by atoms with E-state index in [1.165, 1.54) is 11.3 Å². The highest BCUT2D eigenvalue weighted by molar-refractivity contribution is 7.13. The molecule has 3 rings (SSSR count). The van der Waals surface area contributed by atoms with Gasteiger partial charge < -0.3 is 19.5 Å². The van der Waals surface area contributed by atoms with Crippen molar-refractivity contribution in [2.45, 2.75) is 0 Å². The highest BCUT2D eigenvalue weighted by Gasteiger charge is 2.14. The van der Waals surface area contributed by atoms with Crippen molar-refractivity contribution >= 4 is 22.9 Å². The van der Waals surface area contributed by atoms with Gasteiger partial charge in [-0.2, -0.15) is 0 Å². The molecule has 7 heteroatoms. The molecular weight excluding hydrogens is 352 g/mol. The van der Waals surface area contributed by atoms with Gasteiger partial charge in [0.05, 0.1) is 21.3 Å². The largest absolute Gasteiger partial charge is 0.497 e. The Morgan fingerprint density at radius 1 is 1.00 bits per heavy atom. The molecule has 0 aliphatic carbocycles. The summed E-state index contributed by atoms with van der Waals surface area (Å²) in [5.74, 6) is 1.65. The zero-order chi connectivity index (χ0) is 18.5. The summed E-state index contributed by atoms with van der Waals surface area (Å²) >= 11 is 1.39. The summed E-state index contributed by atoms with van der Waals surface area (Å²) in [5.41, 5.74) is 1.85. The van der Waals surface area contributed by atoms with Crippen molar-refractivity contribution in [3.8, 4) is 27.8 Å². The average Bonchev–Trinajstić information content (AvgIpc) is 3.18. The quantitative estimate of drug-likeness (QED) is 0.708. The number of nitrogens with zero attached hydrogens (tertiary/aromatic N) is 1. The smallest absolute Gasteiger partial charge is 0.275 e. The van der Waals surface area contributed by atoms with Crippen LogP contribution in [0.5, 0.6) is 17.2 Å². The van der Waals surface area contributed by atoms with Gasteiger partial charge in [0, 0.05) is 22.7 Å². The molecule has 0 atom stereocenters. The standard InChI is InChI=1S/C19H18N2O4S/c1-23-14-6-4-5-13(10-14)20-18(22)15-11-26-19(21-15)12-7-8-16(24-2)17(9-12)25-3/h4-11H,1-3H3,(H,20,22). The maximum atomic E-state index is 12.4. The van der Waals surface area contributed by atoms with Gasteiger partial charge in [0.2, 0.25) is 0 Å². The topological polar surface area (TPSA) is 69.7 Å². The van der Waals surface area contributed by atoms with E-state index >= 15 is 0 Å². The molecular formula is C19H18N2O4S. The molecule has 1 aromatic heterocycles. The molecule has 0 saturated carbocycles. The summed E-state index contributed by atoms with van der Waals surface area (Å²) < 4.78 is 15.7. The number of amides is 1. The van der Waals surface area contributed by atoms with Crippen LogP contribution in [0, 0.1) is 0 Å². The summed E-state index contributed by atoms with van der Waals surface area (Å²) in [6, 6.07) is 12.7. The third-order valence-corrected chi connectivity index (χ3v) is 4.59. The van der Waals surface area contributed by atoms with Gasteiger partial charge >= 0.3 is 0 Å². The van der Waals surface area contributed by atoms with E-state index in [1.807, 2.05) is 30.3 Å². The Morgan fingerprint density at radius 2 is 1.81 bits per heavy atom. The third kappa shape index (κ3) is 3.78. The Hall–Kier alpha value is -3.06. The van der Waals surface area contributed by atoms with Crippen molar-refractivity contribution in [3.05, 3.63) is 53.5 Å². The lowest BCUT2D eigenvalue weighted by atomic mass is 10.2. The number of thiazole rings is 1. The second kappa shape index (κ2) is 7.88. The maximum Gasteiger partial charge on any atom is 0.275 e. The van der Waals surface area contributed by atoms with Crippen LogP contribution in [0.25, 0.3) is 10.6 Å². The third-order valence-electron chi connectivity index (χ3n) is 3.69. The molecule has 0 aliphatic rings. The van der Waals surface area contributed by atoms with Crippen LogP contribution in [0.1, 0.15) is 10.5 Å². The van der Waals surface area contributed by atoms with Crippen molar-refractivity contribution in [3.63, 3.8) is 0 Å². The van der Waals surface area contributed by atoms with Gasteiger partial charge in [-0.3, -0.25) is 4.79 Å². The first kappa shape index (κ1) is 17.8. The van der Waals surface area contributed by atoms with Crippen molar-refractivity contribution in [2.75, 3.05) is 26.6 Å². The van der Waals surface area contributed by atoms with E-state index in [9.17, 15) is 4.79 Å². The van der Waals surface area contributed by atoms with Crippen molar-refractivity contribution in [2.24, 2.45) is 0 Å². The molecule has 1 amide bonds. The van der Waals surface area contributed by atoms with Crippen LogP contribution >= 0.6 is 11.3 Å². The number of benzene rings is 2. The fourth-order valence-electron chi connectivity index (χ4n) is 2.38. The van der Waals surface area contributed by atoms with Crippen LogP contribution < -0.4 is 19.5 Å². The second-order valence-electron chi connectivity index (χ2n) is 5.29. The lowest BCUT2D eigenvalue weighted by molar-refractivity contribution is 0.102. The van der Waals surface area contributed by atoms with Crippen molar-refractivity contribution in [1.82, 2.24) is 4.98 Å². The molecule has 0 radical (unpaired) electrons. The highest BCUT2D eigenvalue weighted by atomic mass is 32.1. The zero-order valence-corrected chi connectivity index (χ0v) is 15.4. The van der Waals surface area contributed by atoms with Gasteiger partial charge in [0.1, 0.15) is 16.5 Å². The van der Waals surface area contributed by atoms with Crippen LogP contribution in [-0.2, 0) is 0 Å². The minimum atomic E-state index is -0.277. The Morgan fingerprint density at radius 3 is 2.54 bits per heavy atom. The summed E-state index contributed by atoms with van der Waals surface area (Å²) in [4.78, 5) is 16.9. The first-order chi connectivity index (χ1) is 12.6. The lowest BCUT2D eigenvalue weighted by Gasteiger charge is -2.08. The maximum absolute atomic E-state index is 12.4. The van der Waals surface area contributed by atoms with E-state index < -0.39 is 0 Å². The number of rotatable bonds is 6. The Bertz CT molecular complexity index is 923. The molecule has 6 nitrogen and oxygen atoms in total. The number of methoxy groups -OCH3 is 3. The SMILES string of the molecule is COc1cccc(NC(=O)c2csc(-c3ccc(OC)c(OC)c3)n2)c1. The van der Waals surface area contributed by atoms with Gasteiger partial charge in [-0.05, 0) is 30.3 Å². The number of carbonyl (C=O) groups is 1. The number of carbonyl (C=O) groups excluding carboxylic acids is 1. The number of nitrogens with one attached hydrogen (secondary N) is 1. The number of anilines is 1. The van der Waals surface area contributed by atoms with Crippen LogP contribution in [0.3, 0.4) is 0 Å². The van der Waals surface area contributed by atoms with Gasteiger partial charge in [0.25, 0.3) is 5.91 Å². The minimum Gasteiger partial charge on any atom is -0.497 e. The summed E-state index contributed by atoms with van der Waals surface area (Å²) in [5, 5.41) is 5.27. The molecule has 1 heterocycles. The van der Waals surface area contributed by atoms with Crippen LogP contribution in [0.4, 0.5) is 5.69 Å². The average molecular weight is 370 g/mol. The fourth-order valence-corrected chi connectivity index (χ4v) is 3.17. The first-order valence-corrected chi connectivity index (χ1v) is 8.66. The molecule has 1 N–H and O–H groups in total. The molecule has 0 unspecified atom stereocenters. The molecule has 26 heavy (non-hydrogen) atoms. The molecule has 0 aliphatic heterocycles. The number of ether oxygens (including phenoxy) is 3. The number of hydrogen-bond donors (Lipinski definition) is 1. The minimum absolute atomic E-state index is 0.277. The van der Waals surface area contributed by atoms with Gasteiger partial charge in [-0.25, -0.2) is 4.98 Å². The highest BCUT2D eigenvalue weighted by Crippen LogP contribution is 2.33. The second-order valence-corrected chi connectivity index (χ2v) is 6.15. The van der Waals surface area contributed by atoms with E-state index in [0.29, 0.717) is 28.6 Å². The van der Waals surface area contributed by atoms with Crippen molar-refractivity contribution in [1.29, 1.82) is 0 Å². The predicted octanol–water partition coefficient (Wildman–Crippen LogP) is 4.09. The van der Waals surface area contributed by atoms with E-state index in [1.54, 1.807) is 38.8 Å². The normalized spacial score (nSPS) is 10.3. The van der Waals surface area contributed by atoms with E-state index in [-0.39, 0.29) is 5.91 Å². The molecule has 2 aromatic carbocycles. The lowest BCUT2D eigenvalue weighted by Crippen LogP contribution is -2.12. The van der Waals surface area contributed by atoms with E-state index in [0.717, 1.165) is 10.6 Å².